The molecule has 2 rings (SSSR count). The first kappa shape index (κ1) is 11.0. The van der Waals surface area contributed by atoms with Crippen LogP contribution in [-0.4, -0.2) is 10.1 Å². The highest BCUT2D eigenvalue weighted by Crippen LogP contribution is 2.29. The second kappa shape index (κ2) is 3.81. The number of halogens is 2. The second-order valence-electron chi connectivity index (χ2n) is 3.16. The Kier molecular flexibility index (Phi) is 2.47. The highest BCUT2D eigenvalue weighted by atomic mass is 19.2. The molecule has 1 aromatic heterocycles. The molecular formula is C9H5F2N3O3. The third-order valence-electron chi connectivity index (χ3n) is 2.02. The topological polar surface area (TPSA) is 95.2 Å². The summed E-state index contributed by atoms with van der Waals surface area (Å²) in [4.78, 5) is 9.46. The van der Waals surface area contributed by atoms with Gasteiger partial charge in [0.2, 0.25) is 5.82 Å². The molecule has 0 fully saturated rings. The van der Waals surface area contributed by atoms with E-state index in [1.54, 1.807) is 0 Å². The molecule has 17 heavy (non-hydrogen) atoms. The second-order valence-corrected chi connectivity index (χ2v) is 3.16. The lowest BCUT2D eigenvalue weighted by Crippen LogP contribution is -1.96. The number of rotatable bonds is 2. The lowest BCUT2D eigenvalue weighted by Gasteiger charge is -1.99. The third kappa shape index (κ3) is 1.92. The number of nitrogen functional groups attached to an aromatic ring is 1. The summed E-state index contributed by atoms with van der Waals surface area (Å²) in [6.07, 6.45) is 0. The van der Waals surface area contributed by atoms with Crippen molar-refractivity contribution in [2.75, 3.05) is 5.73 Å². The molecular weight excluding hydrogens is 236 g/mol. The van der Waals surface area contributed by atoms with Gasteiger partial charge >= 0.3 is 5.69 Å². The zero-order valence-corrected chi connectivity index (χ0v) is 8.18. The van der Waals surface area contributed by atoms with Crippen molar-refractivity contribution >= 4 is 11.5 Å². The Balaban J connectivity index is 2.60. The fraction of sp³-hybridized carbons (Fsp3) is 0. The summed E-state index contributed by atoms with van der Waals surface area (Å²) in [5.41, 5.74) is 4.28. The normalized spacial score (nSPS) is 10.5. The first-order valence-electron chi connectivity index (χ1n) is 4.35. The molecule has 0 spiro atoms. The van der Waals surface area contributed by atoms with Gasteiger partial charge in [-0.3, -0.25) is 10.1 Å². The standard InChI is InChI=1S/C9H5F2N3O3/c10-5-1-4(7-3-8(12)13-17-7)2-6(9(5)11)14(15)16/h1-3H,(H2,12,13). The Morgan fingerprint density at radius 2 is 2.06 bits per heavy atom. The van der Waals surface area contributed by atoms with Crippen LogP contribution < -0.4 is 5.73 Å². The van der Waals surface area contributed by atoms with Crippen LogP contribution in [-0.2, 0) is 0 Å². The molecule has 0 aliphatic heterocycles. The van der Waals surface area contributed by atoms with Gasteiger partial charge < -0.3 is 10.3 Å². The predicted molar refractivity (Wildman–Crippen MR) is 52.9 cm³/mol. The Labute approximate surface area is 92.8 Å². The maximum Gasteiger partial charge on any atom is 0.308 e. The van der Waals surface area contributed by atoms with Crippen LogP contribution in [0, 0.1) is 21.7 Å². The number of anilines is 1. The quantitative estimate of drug-likeness (QED) is 0.641. The van der Waals surface area contributed by atoms with Gasteiger partial charge in [0, 0.05) is 17.7 Å². The van der Waals surface area contributed by atoms with Gasteiger partial charge in [-0.15, -0.1) is 0 Å². The van der Waals surface area contributed by atoms with Gasteiger partial charge in [-0.05, 0) is 6.07 Å². The van der Waals surface area contributed by atoms with E-state index in [4.69, 9.17) is 10.3 Å². The first-order valence-corrected chi connectivity index (χ1v) is 4.35. The zero-order valence-electron chi connectivity index (χ0n) is 8.18. The molecule has 2 aromatic rings. The number of nitrogens with zero attached hydrogens (tertiary/aromatic N) is 2. The minimum absolute atomic E-state index is 0.0141. The molecule has 0 saturated carbocycles. The predicted octanol–water partition coefficient (Wildman–Crippen LogP) is 2.11. The zero-order chi connectivity index (χ0) is 12.6. The van der Waals surface area contributed by atoms with Gasteiger partial charge in [0.1, 0.15) is 0 Å². The number of benzene rings is 1. The van der Waals surface area contributed by atoms with Crippen molar-refractivity contribution in [3.05, 3.63) is 39.9 Å². The number of hydrogen-bond acceptors (Lipinski definition) is 5. The molecule has 1 aromatic carbocycles. The van der Waals surface area contributed by atoms with E-state index in [-0.39, 0.29) is 17.1 Å². The summed E-state index contributed by atoms with van der Waals surface area (Å²) >= 11 is 0. The summed E-state index contributed by atoms with van der Waals surface area (Å²) in [6, 6.07) is 2.86. The lowest BCUT2D eigenvalue weighted by molar-refractivity contribution is -0.387. The molecule has 2 N–H and O–H groups in total. The molecule has 6 nitrogen and oxygen atoms in total. The summed E-state index contributed by atoms with van der Waals surface area (Å²) in [5, 5.41) is 13.8. The molecule has 0 unspecified atom stereocenters. The van der Waals surface area contributed by atoms with Gasteiger partial charge in [-0.25, -0.2) is 4.39 Å². The Bertz CT molecular complexity index is 597. The Morgan fingerprint density at radius 1 is 1.35 bits per heavy atom. The van der Waals surface area contributed by atoms with E-state index in [0.29, 0.717) is 0 Å². The number of nitro groups is 1. The van der Waals surface area contributed by atoms with E-state index in [2.05, 4.69) is 5.16 Å². The van der Waals surface area contributed by atoms with Crippen LogP contribution in [0.25, 0.3) is 11.3 Å². The van der Waals surface area contributed by atoms with Crippen LogP contribution in [0.3, 0.4) is 0 Å². The van der Waals surface area contributed by atoms with E-state index < -0.39 is 22.2 Å². The largest absolute Gasteiger partial charge is 0.381 e. The average molecular weight is 241 g/mol. The average Bonchev–Trinajstić information content (AvgIpc) is 2.68. The maximum absolute atomic E-state index is 13.1. The van der Waals surface area contributed by atoms with E-state index in [0.717, 1.165) is 12.1 Å². The van der Waals surface area contributed by atoms with Crippen molar-refractivity contribution < 1.29 is 18.2 Å². The summed E-state index contributed by atoms with van der Waals surface area (Å²) < 4.78 is 30.9. The smallest absolute Gasteiger partial charge is 0.308 e. The van der Waals surface area contributed by atoms with E-state index >= 15 is 0 Å². The fourth-order valence-corrected chi connectivity index (χ4v) is 1.27. The van der Waals surface area contributed by atoms with Gasteiger partial charge in [-0.1, -0.05) is 5.16 Å². The minimum Gasteiger partial charge on any atom is -0.381 e. The fourth-order valence-electron chi connectivity index (χ4n) is 1.27. The number of aromatic nitrogens is 1. The molecule has 0 aliphatic rings. The summed E-state index contributed by atoms with van der Waals surface area (Å²) in [7, 11) is 0. The van der Waals surface area contributed by atoms with Crippen molar-refractivity contribution in [2.45, 2.75) is 0 Å². The lowest BCUT2D eigenvalue weighted by atomic mass is 10.1. The molecule has 0 amide bonds. The highest BCUT2D eigenvalue weighted by Gasteiger charge is 2.21. The minimum atomic E-state index is -1.52. The summed E-state index contributed by atoms with van der Waals surface area (Å²) in [6.45, 7) is 0. The van der Waals surface area contributed by atoms with Crippen LogP contribution in [0.1, 0.15) is 0 Å². The monoisotopic (exact) mass is 241 g/mol. The first-order chi connectivity index (χ1) is 7.99. The SMILES string of the molecule is Nc1cc(-c2cc(F)c(F)c([N+](=O)[O-])c2)on1. The Morgan fingerprint density at radius 3 is 2.59 bits per heavy atom. The van der Waals surface area contributed by atoms with Gasteiger partial charge in [0.15, 0.2) is 17.4 Å². The van der Waals surface area contributed by atoms with Gasteiger partial charge in [-0.2, -0.15) is 4.39 Å². The molecule has 1 heterocycles. The van der Waals surface area contributed by atoms with E-state index in [1.165, 1.54) is 6.07 Å². The van der Waals surface area contributed by atoms with Crippen LogP contribution in [0.5, 0.6) is 0 Å². The molecule has 0 radical (unpaired) electrons. The van der Waals surface area contributed by atoms with Crippen molar-refractivity contribution in [3.63, 3.8) is 0 Å². The highest BCUT2D eigenvalue weighted by molar-refractivity contribution is 5.63. The van der Waals surface area contributed by atoms with Crippen molar-refractivity contribution in [2.24, 2.45) is 0 Å². The van der Waals surface area contributed by atoms with Crippen molar-refractivity contribution in [1.82, 2.24) is 5.16 Å². The number of hydrogen-bond donors (Lipinski definition) is 1. The van der Waals surface area contributed by atoms with Crippen molar-refractivity contribution in [1.29, 1.82) is 0 Å². The van der Waals surface area contributed by atoms with Gasteiger partial charge in [0.05, 0.1) is 4.92 Å². The third-order valence-corrected chi connectivity index (χ3v) is 2.02. The number of nitrogens with two attached hydrogens (primary N) is 1. The molecule has 8 heteroatoms. The summed E-state index contributed by atoms with van der Waals surface area (Å²) in [5.74, 6) is -2.81. The van der Waals surface area contributed by atoms with Crippen LogP contribution in [0.15, 0.2) is 22.7 Å². The Hall–Kier alpha value is -2.51. The number of nitro benzene ring substituents is 1. The molecule has 0 bridgehead atoms. The van der Waals surface area contributed by atoms with Crippen LogP contribution in [0.4, 0.5) is 20.3 Å². The molecule has 0 atom stereocenters. The maximum atomic E-state index is 13.1. The van der Waals surface area contributed by atoms with Gasteiger partial charge in [0.25, 0.3) is 0 Å². The molecule has 0 saturated heterocycles. The van der Waals surface area contributed by atoms with Crippen LogP contribution in [0.2, 0.25) is 0 Å². The van der Waals surface area contributed by atoms with Crippen LogP contribution >= 0.6 is 0 Å². The van der Waals surface area contributed by atoms with Crippen molar-refractivity contribution in [3.8, 4) is 11.3 Å². The molecule has 88 valence electrons. The van der Waals surface area contributed by atoms with E-state index in [9.17, 15) is 18.9 Å². The van der Waals surface area contributed by atoms with E-state index in [1.807, 2.05) is 0 Å². The molecule has 0 aliphatic carbocycles.